The third-order valence-electron chi connectivity index (χ3n) is 6.01. The highest BCUT2D eigenvalue weighted by molar-refractivity contribution is 6.31. The van der Waals surface area contributed by atoms with Crippen molar-refractivity contribution in [2.75, 3.05) is 0 Å². The molecule has 3 aromatic heterocycles. The maximum atomic E-state index is 12.5. The van der Waals surface area contributed by atoms with Crippen LogP contribution >= 0.6 is 11.6 Å². The highest BCUT2D eigenvalue weighted by Gasteiger charge is 2.20. The molecule has 0 saturated heterocycles. The van der Waals surface area contributed by atoms with Gasteiger partial charge in [-0.05, 0) is 37.3 Å². The van der Waals surface area contributed by atoms with Gasteiger partial charge in [-0.1, -0.05) is 30.7 Å². The Labute approximate surface area is 212 Å². The van der Waals surface area contributed by atoms with Crippen molar-refractivity contribution in [3.63, 3.8) is 0 Å². The van der Waals surface area contributed by atoms with Gasteiger partial charge in [0.15, 0.2) is 0 Å². The van der Waals surface area contributed by atoms with E-state index in [1.54, 1.807) is 24.5 Å². The number of rotatable bonds is 6. The van der Waals surface area contributed by atoms with E-state index >= 15 is 0 Å². The summed E-state index contributed by atoms with van der Waals surface area (Å²) in [5, 5.41) is 19.0. The number of aromatic nitrogens is 3. The molecule has 1 aromatic carbocycles. The second kappa shape index (κ2) is 9.72. The molecule has 1 aliphatic rings. The molecule has 1 atom stereocenters. The molecule has 0 spiro atoms. The summed E-state index contributed by atoms with van der Waals surface area (Å²) in [7, 11) is 0. The Morgan fingerprint density at radius 1 is 1.22 bits per heavy atom. The number of pyridine rings is 3. The Bertz CT molecular complexity index is 1650. The fraction of sp³-hybridized carbons (Fsp3) is 0.185. The van der Waals surface area contributed by atoms with Crippen LogP contribution in [0, 0.1) is 24.2 Å². The van der Waals surface area contributed by atoms with E-state index in [0.717, 1.165) is 22.4 Å². The molecule has 0 amide bonds. The van der Waals surface area contributed by atoms with E-state index in [2.05, 4.69) is 22.1 Å². The standard InChI is InChI=1S/C27H21ClN6O2/c1-16-13-31-33-25(16)20-11-17(2)32-26-19(20)6-3-7-24(26)36-15-21-22(28)8-9-30-23(21)14-34-10-4-5-18(12-29)27(34)35/h3-11,13,16H,14-15H2,1-2H3. The quantitative estimate of drug-likeness (QED) is 0.385. The Hall–Kier alpha value is -4.35. The summed E-state index contributed by atoms with van der Waals surface area (Å²) in [5.41, 5.74) is 4.34. The first-order chi connectivity index (χ1) is 17.5. The van der Waals surface area contributed by atoms with Crippen LogP contribution in [0.2, 0.25) is 5.02 Å². The molecule has 0 N–H and O–H groups in total. The average Bonchev–Trinajstić information content (AvgIpc) is 3.30. The second-order valence-corrected chi connectivity index (χ2v) is 8.88. The second-order valence-electron chi connectivity index (χ2n) is 8.48. The first-order valence-electron chi connectivity index (χ1n) is 11.3. The van der Waals surface area contributed by atoms with Crippen molar-refractivity contribution in [3.8, 4) is 11.8 Å². The maximum absolute atomic E-state index is 12.5. The van der Waals surface area contributed by atoms with Crippen molar-refractivity contribution < 1.29 is 4.74 Å². The van der Waals surface area contributed by atoms with Gasteiger partial charge < -0.3 is 9.30 Å². The number of hydrogen-bond acceptors (Lipinski definition) is 7. The minimum atomic E-state index is -0.386. The molecular weight excluding hydrogens is 476 g/mol. The normalized spacial score (nSPS) is 14.6. The number of halogens is 1. The monoisotopic (exact) mass is 496 g/mol. The largest absolute Gasteiger partial charge is 0.486 e. The summed E-state index contributed by atoms with van der Waals surface area (Å²) in [6.07, 6.45) is 5.02. The molecule has 1 unspecified atom stereocenters. The number of fused-ring (bicyclic) bond motifs is 1. The summed E-state index contributed by atoms with van der Waals surface area (Å²) >= 11 is 6.53. The van der Waals surface area contributed by atoms with Crippen molar-refractivity contribution in [1.82, 2.24) is 14.5 Å². The van der Waals surface area contributed by atoms with Gasteiger partial charge in [0.2, 0.25) is 0 Å². The molecule has 8 nitrogen and oxygen atoms in total. The van der Waals surface area contributed by atoms with Crippen LogP contribution in [0.3, 0.4) is 0 Å². The fourth-order valence-electron chi connectivity index (χ4n) is 4.19. The van der Waals surface area contributed by atoms with Crippen molar-refractivity contribution in [2.24, 2.45) is 16.1 Å². The van der Waals surface area contributed by atoms with E-state index in [4.69, 9.17) is 21.3 Å². The van der Waals surface area contributed by atoms with E-state index in [1.165, 1.54) is 10.6 Å². The van der Waals surface area contributed by atoms with Crippen LogP contribution in [0.25, 0.3) is 10.9 Å². The molecule has 5 rings (SSSR count). The van der Waals surface area contributed by atoms with Gasteiger partial charge >= 0.3 is 0 Å². The van der Waals surface area contributed by atoms with Crippen LogP contribution < -0.4 is 10.3 Å². The topological polar surface area (TPSA) is 106 Å². The van der Waals surface area contributed by atoms with Gasteiger partial charge in [-0.3, -0.25) is 9.78 Å². The molecule has 1 aliphatic heterocycles. The molecule has 9 heteroatoms. The molecule has 0 bridgehead atoms. The van der Waals surface area contributed by atoms with Crippen molar-refractivity contribution in [1.29, 1.82) is 5.26 Å². The van der Waals surface area contributed by atoms with Crippen molar-refractivity contribution in [3.05, 3.63) is 98.3 Å². The number of ether oxygens (including phenoxy) is 1. The molecular formula is C27H21ClN6O2. The first-order valence-corrected chi connectivity index (χ1v) is 11.7. The van der Waals surface area contributed by atoms with E-state index in [9.17, 15) is 10.1 Å². The van der Waals surface area contributed by atoms with Gasteiger partial charge in [0.1, 0.15) is 29.5 Å². The van der Waals surface area contributed by atoms with Crippen LogP contribution in [0.1, 0.15) is 35.0 Å². The van der Waals surface area contributed by atoms with Crippen molar-refractivity contribution in [2.45, 2.75) is 27.0 Å². The van der Waals surface area contributed by atoms with E-state index < -0.39 is 0 Å². The minimum Gasteiger partial charge on any atom is -0.486 e. The zero-order chi connectivity index (χ0) is 25.2. The summed E-state index contributed by atoms with van der Waals surface area (Å²) in [5.74, 6) is 0.707. The van der Waals surface area contributed by atoms with E-state index in [0.29, 0.717) is 27.5 Å². The number of para-hydroxylation sites is 1. The lowest BCUT2D eigenvalue weighted by Gasteiger charge is -2.16. The summed E-state index contributed by atoms with van der Waals surface area (Å²) in [4.78, 5) is 21.7. The van der Waals surface area contributed by atoms with Crippen molar-refractivity contribution >= 4 is 34.4 Å². The van der Waals surface area contributed by atoms with Crippen LogP contribution in [0.4, 0.5) is 0 Å². The molecule has 178 valence electrons. The number of aryl methyl sites for hydroxylation is 1. The van der Waals surface area contributed by atoms with Gasteiger partial charge in [-0.25, -0.2) is 4.98 Å². The molecule has 0 saturated carbocycles. The molecule has 0 fully saturated rings. The zero-order valence-electron chi connectivity index (χ0n) is 19.6. The van der Waals surface area contributed by atoms with Crippen LogP contribution in [0.15, 0.2) is 69.9 Å². The number of hydrogen-bond donors (Lipinski definition) is 0. The Kier molecular flexibility index (Phi) is 6.32. The van der Waals surface area contributed by atoms with E-state index in [-0.39, 0.29) is 30.2 Å². The van der Waals surface area contributed by atoms with Gasteiger partial charge in [-0.15, -0.1) is 0 Å². The Morgan fingerprint density at radius 3 is 2.86 bits per heavy atom. The van der Waals surface area contributed by atoms with Crippen LogP contribution in [-0.4, -0.2) is 26.5 Å². The predicted octanol–water partition coefficient (Wildman–Crippen LogP) is 4.68. The lowest BCUT2D eigenvalue weighted by molar-refractivity contribution is 0.307. The lowest BCUT2D eigenvalue weighted by Crippen LogP contribution is -2.23. The number of nitriles is 1. The first kappa shape index (κ1) is 23.4. The molecule has 4 aromatic rings. The average molecular weight is 497 g/mol. The summed E-state index contributed by atoms with van der Waals surface area (Å²) in [6.45, 7) is 4.27. The minimum absolute atomic E-state index is 0.0666. The SMILES string of the molecule is Cc1cc(C2=NN=CC2C)c2cccc(OCc3c(Cl)ccnc3Cn3cccc(C#N)c3=O)c2n1. The van der Waals surface area contributed by atoms with Gasteiger partial charge in [0.05, 0.1) is 23.0 Å². The number of nitrogens with zero attached hydrogens (tertiary/aromatic N) is 6. The van der Waals surface area contributed by atoms with E-state index in [1.807, 2.05) is 43.5 Å². The zero-order valence-corrected chi connectivity index (χ0v) is 20.4. The van der Waals surface area contributed by atoms with Crippen LogP contribution in [0.5, 0.6) is 5.75 Å². The maximum Gasteiger partial charge on any atom is 0.268 e. The highest BCUT2D eigenvalue weighted by Crippen LogP contribution is 2.31. The molecule has 0 radical (unpaired) electrons. The smallest absolute Gasteiger partial charge is 0.268 e. The Balaban J connectivity index is 1.49. The summed E-state index contributed by atoms with van der Waals surface area (Å²) in [6, 6.07) is 14.5. The molecule has 0 aliphatic carbocycles. The predicted molar refractivity (Wildman–Crippen MR) is 139 cm³/mol. The molecule has 36 heavy (non-hydrogen) atoms. The third kappa shape index (κ3) is 4.37. The third-order valence-corrected chi connectivity index (χ3v) is 6.37. The molecule has 4 heterocycles. The lowest BCUT2D eigenvalue weighted by atomic mass is 9.96. The summed E-state index contributed by atoms with van der Waals surface area (Å²) < 4.78 is 7.67. The van der Waals surface area contributed by atoms with Crippen LogP contribution in [-0.2, 0) is 13.2 Å². The van der Waals surface area contributed by atoms with Gasteiger partial charge in [-0.2, -0.15) is 15.5 Å². The highest BCUT2D eigenvalue weighted by atomic mass is 35.5. The van der Waals surface area contributed by atoms with Gasteiger partial charge in [0.25, 0.3) is 5.56 Å². The van der Waals surface area contributed by atoms with Gasteiger partial charge in [0, 0.05) is 46.7 Å². The Morgan fingerprint density at radius 2 is 2.08 bits per heavy atom. The fourth-order valence-corrected chi connectivity index (χ4v) is 4.41. The number of benzene rings is 1.